The summed E-state index contributed by atoms with van der Waals surface area (Å²) in [4.78, 5) is 4.61. The maximum atomic E-state index is 10.3. The Hall–Kier alpha value is -2.04. The van der Waals surface area contributed by atoms with E-state index in [1.807, 2.05) is 24.3 Å². The molecule has 0 radical (unpaired) electrons. The van der Waals surface area contributed by atoms with E-state index in [2.05, 4.69) is 16.5 Å². The van der Waals surface area contributed by atoms with Gasteiger partial charge < -0.3 is 14.4 Å². The quantitative estimate of drug-likeness (QED) is 0.749. The summed E-state index contributed by atoms with van der Waals surface area (Å²) in [5, 5.41) is 11.0. The lowest BCUT2D eigenvalue weighted by atomic mass is 10.3. The SMILES string of the molecule is CCc1nc2ccccc2n1C[C@H](O)COc1ccc(Cl)cc1. The standard InChI is InChI=1S/C18H19ClN2O2/c1-2-18-20-16-5-3-4-6-17(16)21(18)11-14(22)12-23-15-9-7-13(19)8-10-15/h3-10,14,22H,2,11-12H2,1H3/t14-/m0/s1. The van der Waals surface area contributed by atoms with Gasteiger partial charge in [0.2, 0.25) is 0 Å². The summed E-state index contributed by atoms with van der Waals surface area (Å²) in [6, 6.07) is 15.1. The molecule has 0 saturated carbocycles. The lowest BCUT2D eigenvalue weighted by Gasteiger charge is -2.15. The number of aliphatic hydroxyl groups excluding tert-OH is 1. The monoisotopic (exact) mass is 330 g/mol. The normalized spacial score (nSPS) is 12.5. The van der Waals surface area contributed by atoms with Crippen LogP contribution in [0.15, 0.2) is 48.5 Å². The number of benzene rings is 2. The fraction of sp³-hybridized carbons (Fsp3) is 0.278. The second-order valence-corrected chi connectivity index (χ2v) is 5.84. The van der Waals surface area contributed by atoms with Crippen LogP contribution >= 0.6 is 11.6 Å². The average molecular weight is 331 g/mol. The molecular formula is C18H19ClN2O2. The van der Waals surface area contributed by atoms with Crippen molar-refractivity contribution in [3.05, 3.63) is 59.4 Å². The smallest absolute Gasteiger partial charge is 0.119 e. The molecule has 4 nitrogen and oxygen atoms in total. The van der Waals surface area contributed by atoms with Gasteiger partial charge >= 0.3 is 0 Å². The van der Waals surface area contributed by atoms with E-state index in [4.69, 9.17) is 16.3 Å². The number of aromatic nitrogens is 2. The number of hydrogen-bond acceptors (Lipinski definition) is 3. The van der Waals surface area contributed by atoms with Crippen LogP contribution in [0.4, 0.5) is 0 Å². The zero-order valence-electron chi connectivity index (χ0n) is 12.9. The highest BCUT2D eigenvalue weighted by atomic mass is 35.5. The third-order valence-corrected chi connectivity index (χ3v) is 3.95. The Morgan fingerprint density at radius 2 is 1.91 bits per heavy atom. The molecule has 0 saturated heterocycles. The van der Waals surface area contributed by atoms with Gasteiger partial charge in [-0.15, -0.1) is 0 Å². The molecule has 0 spiro atoms. The van der Waals surface area contributed by atoms with Gasteiger partial charge in [0.25, 0.3) is 0 Å². The number of imidazole rings is 1. The van der Waals surface area contributed by atoms with Gasteiger partial charge in [0.05, 0.1) is 17.6 Å². The molecule has 0 unspecified atom stereocenters. The lowest BCUT2D eigenvalue weighted by molar-refractivity contribution is 0.0927. The van der Waals surface area contributed by atoms with E-state index in [9.17, 15) is 5.11 Å². The zero-order valence-corrected chi connectivity index (χ0v) is 13.7. The number of aryl methyl sites for hydroxylation is 1. The Labute approximate surface area is 140 Å². The van der Waals surface area contributed by atoms with Crippen molar-refractivity contribution in [3.63, 3.8) is 0 Å². The van der Waals surface area contributed by atoms with Crippen LogP contribution in [0.1, 0.15) is 12.7 Å². The molecule has 0 aliphatic heterocycles. The van der Waals surface area contributed by atoms with E-state index in [1.54, 1.807) is 24.3 Å². The Balaban J connectivity index is 1.70. The summed E-state index contributed by atoms with van der Waals surface area (Å²) in [7, 11) is 0. The summed E-state index contributed by atoms with van der Waals surface area (Å²) in [5.41, 5.74) is 1.99. The van der Waals surface area contributed by atoms with Gasteiger partial charge in [0.15, 0.2) is 0 Å². The second-order valence-electron chi connectivity index (χ2n) is 5.40. The first-order valence-corrected chi connectivity index (χ1v) is 8.05. The van der Waals surface area contributed by atoms with Crippen molar-refractivity contribution in [2.75, 3.05) is 6.61 Å². The molecule has 120 valence electrons. The first-order valence-electron chi connectivity index (χ1n) is 7.68. The van der Waals surface area contributed by atoms with Gasteiger partial charge in [-0.1, -0.05) is 30.7 Å². The van der Waals surface area contributed by atoms with Crippen LogP contribution in [0.3, 0.4) is 0 Å². The van der Waals surface area contributed by atoms with Gasteiger partial charge in [-0.2, -0.15) is 0 Å². The van der Waals surface area contributed by atoms with E-state index >= 15 is 0 Å². The van der Waals surface area contributed by atoms with Crippen molar-refractivity contribution in [2.24, 2.45) is 0 Å². The average Bonchev–Trinajstić information content (AvgIpc) is 2.92. The first-order chi connectivity index (χ1) is 11.2. The Morgan fingerprint density at radius 1 is 1.17 bits per heavy atom. The van der Waals surface area contributed by atoms with Crippen LogP contribution in [-0.4, -0.2) is 27.4 Å². The summed E-state index contributed by atoms with van der Waals surface area (Å²) in [6.07, 6.45) is 0.202. The summed E-state index contributed by atoms with van der Waals surface area (Å²) in [5.74, 6) is 1.66. The van der Waals surface area contributed by atoms with Crippen LogP contribution in [-0.2, 0) is 13.0 Å². The van der Waals surface area contributed by atoms with Crippen molar-refractivity contribution in [1.82, 2.24) is 9.55 Å². The molecule has 0 amide bonds. The van der Waals surface area contributed by atoms with Crippen molar-refractivity contribution < 1.29 is 9.84 Å². The number of ether oxygens (including phenoxy) is 1. The van der Waals surface area contributed by atoms with Gasteiger partial charge in [-0.25, -0.2) is 4.98 Å². The third kappa shape index (κ3) is 3.66. The van der Waals surface area contributed by atoms with Gasteiger partial charge in [0.1, 0.15) is 24.3 Å². The van der Waals surface area contributed by atoms with E-state index < -0.39 is 6.10 Å². The van der Waals surface area contributed by atoms with E-state index in [-0.39, 0.29) is 6.61 Å². The van der Waals surface area contributed by atoms with Crippen LogP contribution in [0.5, 0.6) is 5.75 Å². The minimum atomic E-state index is -0.617. The minimum absolute atomic E-state index is 0.220. The van der Waals surface area contributed by atoms with Gasteiger partial charge in [-0.3, -0.25) is 0 Å². The molecule has 0 fully saturated rings. The van der Waals surface area contributed by atoms with Gasteiger partial charge in [-0.05, 0) is 36.4 Å². The fourth-order valence-electron chi connectivity index (χ4n) is 2.59. The van der Waals surface area contributed by atoms with Crippen molar-refractivity contribution in [1.29, 1.82) is 0 Å². The summed E-state index contributed by atoms with van der Waals surface area (Å²) in [6.45, 7) is 2.74. The predicted molar refractivity (Wildman–Crippen MR) is 92.1 cm³/mol. The third-order valence-electron chi connectivity index (χ3n) is 3.70. The molecule has 0 bridgehead atoms. The number of rotatable bonds is 6. The Morgan fingerprint density at radius 3 is 2.65 bits per heavy atom. The highest BCUT2D eigenvalue weighted by Crippen LogP contribution is 2.18. The van der Waals surface area contributed by atoms with E-state index in [1.165, 1.54) is 0 Å². The molecule has 3 rings (SSSR count). The van der Waals surface area contributed by atoms with Crippen molar-refractivity contribution in [3.8, 4) is 5.75 Å². The molecule has 0 aliphatic rings. The highest BCUT2D eigenvalue weighted by molar-refractivity contribution is 6.30. The van der Waals surface area contributed by atoms with Crippen LogP contribution in [0.25, 0.3) is 11.0 Å². The number of para-hydroxylation sites is 2. The molecule has 3 aromatic rings. The number of nitrogens with zero attached hydrogens (tertiary/aromatic N) is 2. The summed E-state index contributed by atoms with van der Waals surface area (Å²) >= 11 is 5.84. The topological polar surface area (TPSA) is 47.3 Å². The minimum Gasteiger partial charge on any atom is -0.491 e. The molecule has 5 heteroatoms. The summed E-state index contributed by atoms with van der Waals surface area (Å²) < 4.78 is 7.68. The predicted octanol–water partition coefficient (Wildman–Crippen LogP) is 3.69. The molecule has 0 aliphatic carbocycles. The lowest BCUT2D eigenvalue weighted by Crippen LogP contribution is -2.24. The number of hydrogen-bond donors (Lipinski definition) is 1. The molecule has 1 heterocycles. The Kier molecular flexibility index (Phi) is 4.84. The van der Waals surface area contributed by atoms with E-state index in [0.717, 1.165) is 23.3 Å². The van der Waals surface area contributed by atoms with Crippen LogP contribution in [0, 0.1) is 0 Å². The zero-order chi connectivity index (χ0) is 16.2. The fourth-order valence-corrected chi connectivity index (χ4v) is 2.71. The number of fused-ring (bicyclic) bond motifs is 1. The van der Waals surface area contributed by atoms with E-state index in [0.29, 0.717) is 17.3 Å². The molecule has 23 heavy (non-hydrogen) atoms. The maximum absolute atomic E-state index is 10.3. The highest BCUT2D eigenvalue weighted by Gasteiger charge is 2.13. The van der Waals surface area contributed by atoms with Crippen LogP contribution in [0.2, 0.25) is 5.02 Å². The number of aliphatic hydroxyl groups is 1. The molecule has 1 N–H and O–H groups in total. The number of halogens is 1. The van der Waals surface area contributed by atoms with Crippen molar-refractivity contribution in [2.45, 2.75) is 26.0 Å². The largest absolute Gasteiger partial charge is 0.491 e. The van der Waals surface area contributed by atoms with Gasteiger partial charge in [0, 0.05) is 11.4 Å². The first kappa shape index (κ1) is 15.8. The van der Waals surface area contributed by atoms with Crippen LogP contribution < -0.4 is 4.74 Å². The maximum Gasteiger partial charge on any atom is 0.119 e. The molecule has 1 atom stereocenters. The molecule has 1 aromatic heterocycles. The Bertz CT molecular complexity index is 783. The second kappa shape index (κ2) is 7.02. The molecular weight excluding hydrogens is 312 g/mol. The van der Waals surface area contributed by atoms with Crippen molar-refractivity contribution >= 4 is 22.6 Å². The molecule has 2 aromatic carbocycles.